The molecule has 0 rings (SSSR count). The molecule has 166 valence electrons. The monoisotopic (exact) mass is 398 g/mol. The minimum absolute atomic E-state index is 0.0454. The van der Waals surface area contributed by atoms with Crippen LogP contribution in [0.15, 0.2) is 0 Å². The van der Waals surface area contributed by atoms with E-state index in [1.54, 1.807) is 0 Å². The number of hydrogen-bond acceptors (Lipinski definition) is 2. The van der Waals surface area contributed by atoms with E-state index in [-0.39, 0.29) is 5.96 Å². The fourth-order valence-electron chi connectivity index (χ4n) is 3.60. The molecule has 0 heterocycles. The molecule has 0 aromatic carbocycles. The molecule has 0 atom stereocenters. The summed E-state index contributed by atoms with van der Waals surface area (Å²) in [6.07, 6.45) is 21.9. The fourth-order valence-corrected chi connectivity index (χ4v) is 3.60. The van der Waals surface area contributed by atoms with E-state index in [1.165, 1.54) is 103 Å². The summed E-state index contributed by atoms with van der Waals surface area (Å²) < 4.78 is 0.297. The highest BCUT2D eigenvalue weighted by Gasteiger charge is 2.23. The summed E-state index contributed by atoms with van der Waals surface area (Å²) in [5, 5.41) is 18.7. The number of guanidine groups is 1. The van der Waals surface area contributed by atoms with Crippen molar-refractivity contribution in [2.75, 3.05) is 20.6 Å². The quantitative estimate of drug-likeness (QED) is 0.101. The lowest BCUT2D eigenvalue weighted by molar-refractivity contribution is -0.802. The molecule has 0 fully saturated rings. The van der Waals surface area contributed by atoms with E-state index >= 15 is 0 Å². The number of quaternary nitrogens is 1. The van der Waals surface area contributed by atoms with Gasteiger partial charge < -0.3 is 5.11 Å². The SMILES string of the molecule is CCCCCCCCCCCCCCCCCCC[N+](C)(C)C(=N)NC(=O)O. The molecule has 0 radical (unpaired) electrons. The zero-order chi connectivity index (χ0) is 21.1. The zero-order valence-electron chi connectivity index (χ0n) is 19.0. The normalized spacial score (nSPS) is 11.5. The first-order chi connectivity index (χ1) is 13.4. The first-order valence-corrected chi connectivity index (χ1v) is 11.8. The molecule has 0 aliphatic rings. The van der Waals surface area contributed by atoms with E-state index < -0.39 is 6.09 Å². The van der Waals surface area contributed by atoms with Crippen molar-refractivity contribution < 1.29 is 14.4 Å². The Labute approximate surface area is 174 Å². The van der Waals surface area contributed by atoms with Gasteiger partial charge in [-0.2, -0.15) is 0 Å². The Hall–Kier alpha value is -1.10. The maximum Gasteiger partial charge on any atom is 0.414 e. The number of hydrogen-bond donors (Lipinski definition) is 3. The van der Waals surface area contributed by atoms with E-state index in [0.29, 0.717) is 4.48 Å². The molecular formula is C23H48N3O2+. The first-order valence-electron chi connectivity index (χ1n) is 11.8. The molecule has 5 nitrogen and oxygen atoms in total. The third-order valence-electron chi connectivity index (χ3n) is 5.65. The average Bonchev–Trinajstić information content (AvgIpc) is 2.63. The smallest absolute Gasteiger partial charge is 0.414 e. The van der Waals surface area contributed by atoms with Gasteiger partial charge in [0.25, 0.3) is 0 Å². The molecule has 0 aliphatic carbocycles. The van der Waals surface area contributed by atoms with Crippen molar-refractivity contribution in [1.82, 2.24) is 5.32 Å². The van der Waals surface area contributed by atoms with E-state index in [1.807, 2.05) is 14.1 Å². The number of rotatable bonds is 18. The lowest BCUT2D eigenvalue weighted by Gasteiger charge is -2.28. The Morgan fingerprint density at radius 1 is 0.714 bits per heavy atom. The van der Waals surface area contributed by atoms with Crippen molar-refractivity contribution in [3.63, 3.8) is 0 Å². The second kappa shape index (κ2) is 18.0. The summed E-state index contributed by atoms with van der Waals surface area (Å²) in [5.41, 5.74) is 0. The first kappa shape index (κ1) is 26.9. The predicted octanol–water partition coefficient (Wildman–Crippen LogP) is 6.92. The molecule has 28 heavy (non-hydrogen) atoms. The van der Waals surface area contributed by atoms with Crippen molar-refractivity contribution in [3.05, 3.63) is 0 Å². The minimum Gasteiger partial charge on any atom is -0.465 e. The van der Waals surface area contributed by atoms with Crippen molar-refractivity contribution >= 4 is 12.1 Å². The third kappa shape index (κ3) is 17.0. The number of carboxylic acid groups (broad SMARTS) is 1. The Morgan fingerprint density at radius 2 is 1.04 bits per heavy atom. The maximum atomic E-state index is 10.6. The molecule has 0 spiro atoms. The van der Waals surface area contributed by atoms with Crippen LogP contribution in [-0.4, -0.2) is 42.3 Å². The van der Waals surface area contributed by atoms with Crippen LogP contribution in [0.5, 0.6) is 0 Å². The third-order valence-corrected chi connectivity index (χ3v) is 5.65. The number of nitrogens with one attached hydrogen (secondary N) is 2. The van der Waals surface area contributed by atoms with Crippen LogP contribution < -0.4 is 5.32 Å². The molecule has 5 heteroatoms. The molecule has 1 amide bonds. The van der Waals surface area contributed by atoms with Gasteiger partial charge >= 0.3 is 12.1 Å². The Balaban J connectivity index is 3.31. The van der Waals surface area contributed by atoms with Gasteiger partial charge in [0, 0.05) is 0 Å². The van der Waals surface area contributed by atoms with Gasteiger partial charge in [0.15, 0.2) is 0 Å². The van der Waals surface area contributed by atoms with Crippen LogP contribution in [0.2, 0.25) is 0 Å². The minimum atomic E-state index is -1.15. The van der Waals surface area contributed by atoms with Crippen LogP contribution in [0.1, 0.15) is 116 Å². The second-order valence-corrected chi connectivity index (χ2v) is 8.84. The van der Waals surface area contributed by atoms with E-state index in [2.05, 4.69) is 12.2 Å². The summed E-state index contributed by atoms with van der Waals surface area (Å²) in [6.45, 7) is 3.08. The zero-order valence-corrected chi connectivity index (χ0v) is 19.0. The van der Waals surface area contributed by atoms with Gasteiger partial charge in [-0.1, -0.05) is 103 Å². The van der Waals surface area contributed by atoms with Crippen molar-refractivity contribution in [2.24, 2.45) is 0 Å². The van der Waals surface area contributed by atoms with Crippen LogP contribution in [0, 0.1) is 5.41 Å². The van der Waals surface area contributed by atoms with Gasteiger partial charge in [-0.15, -0.1) is 0 Å². The van der Waals surface area contributed by atoms with Gasteiger partial charge in [0.05, 0.1) is 20.6 Å². The van der Waals surface area contributed by atoms with Crippen molar-refractivity contribution in [2.45, 2.75) is 116 Å². The molecule has 0 unspecified atom stereocenters. The number of unbranched alkanes of at least 4 members (excludes halogenated alkanes) is 16. The molecular weight excluding hydrogens is 350 g/mol. The highest BCUT2D eigenvalue weighted by Crippen LogP contribution is 2.14. The van der Waals surface area contributed by atoms with Crippen molar-refractivity contribution in [1.29, 1.82) is 5.41 Å². The lowest BCUT2D eigenvalue weighted by atomic mass is 10.0. The van der Waals surface area contributed by atoms with E-state index in [4.69, 9.17) is 10.5 Å². The van der Waals surface area contributed by atoms with Crippen LogP contribution in [0.25, 0.3) is 0 Å². The summed E-state index contributed by atoms with van der Waals surface area (Å²) in [7, 11) is 3.76. The molecule has 0 saturated carbocycles. The van der Waals surface area contributed by atoms with E-state index in [0.717, 1.165) is 13.0 Å². The lowest BCUT2D eigenvalue weighted by Crippen LogP contribution is -2.53. The highest BCUT2D eigenvalue weighted by atomic mass is 16.4. The predicted molar refractivity (Wildman–Crippen MR) is 120 cm³/mol. The molecule has 0 aromatic heterocycles. The Kier molecular flexibility index (Phi) is 17.3. The van der Waals surface area contributed by atoms with Gasteiger partial charge in [-0.3, -0.25) is 4.48 Å². The van der Waals surface area contributed by atoms with Gasteiger partial charge in [0.2, 0.25) is 0 Å². The highest BCUT2D eigenvalue weighted by molar-refractivity contribution is 5.87. The van der Waals surface area contributed by atoms with Gasteiger partial charge in [-0.05, 0) is 12.8 Å². The largest absolute Gasteiger partial charge is 0.465 e. The van der Waals surface area contributed by atoms with Crippen molar-refractivity contribution in [3.8, 4) is 0 Å². The number of amides is 1. The Morgan fingerprint density at radius 3 is 1.36 bits per heavy atom. The molecule has 3 N–H and O–H groups in total. The molecule has 0 bridgehead atoms. The number of carbonyl (C=O) groups is 1. The summed E-state index contributed by atoms with van der Waals surface area (Å²) in [4.78, 5) is 10.6. The van der Waals surface area contributed by atoms with E-state index in [9.17, 15) is 4.79 Å². The van der Waals surface area contributed by atoms with Gasteiger partial charge in [-0.25, -0.2) is 15.5 Å². The summed E-state index contributed by atoms with van der Waals surface area (Å²) in [5.74, 6) is 0.0454. The summed E-state index contributed by atoms with van der Waals surface area (Å²) >= 11 is 0. The van der Waals surface area contributed by atoms with Crippen LogP contribution >= 0.6 is 0 Å². The standard InChI is InChI=1S/C23H47N3O2/c1-4-5-6-7-8-9-10-11-12-13-14-15-16-17-18-19-20-21-26(2,3)22(24)25-23(27)28/h4-21H2,1-3H3,(H2-,24,25,27,28)/p+1. The topological polar surface area (TPSA) is 73.2 Å². The summed E-state index contributed by atoms with van der Waals surface area (Å²) in [6, 6.07) is 0. The fraction of sp³-hybridized carbons (Fsp3) is 0.913. The second-order valence-electron chi connectivity index (χ2n) is 8.84. The number of nitrogens with zero attached hydrogens (tertiary/aromatic N) is 1. The molecule has 0 saturated heterocycles. The molecule has 0 aliphatic heterocycles. The maximum absolute atomic E-state index is 10.6. The average molecular weight is 399 g/mol. The van der Waals surface area contributed by atoms with Crippen LogP contribution in [0.3, 0.4) is 0 Å². The molecule has 0 aromatic rings. The van der Waals surface area contributed by atoms with Crippen LogP contribution in [0.4, 0.5) is 4.79 Å². The van der Waals surface area contributed by atoms with Crippen LogP contribution in [-0.2, 0) is 0 Å². The Bertz CT molecular complexity index is 397. The van der Waals surface area contributed by atoms with Gasteiger partial charge in [0.1, 0.15) is 0 Å².